The van der Waals surface area contributed by atoms with Crippen LogP contribution in [-0.4, -0.2) is 11.1 Å². The standard InChI is InChI=1S/C10H6ClF3O2/c11-4-3-5(12)8(14)6(7(4)13)10(1-2-10)9(15)16/h3H,1-2H2,(H,15,16). The summed E-state index contributed by atoms with van der Waals surface area (Å²) in [6.07, 6.45) is 0.159. The number of carbonyl (C=O) groups is 1. The van der Waals surface area contributed by atoms with Gasteiger partial charge in [-0.3, -0.25) is 4.79 Å². The largest absolute Gasteiger partial charge is 0.481 e. The highest BCUT2D eigenvalue weighted by atomic mass is 35.5. The molecular formula is C10H6ClF3O2. The van der Waals surface area contributed by atoms with E-state index in [1.165, 1.54) is 0 Å². The highest BCUT2D eigenvalue weighted by Crippen LogP contribution is 2.51. The third-order valence-electron chi connectivity index (χ3n) is 2.75. The summed E-state index contributed by atoms with van der Waals surface area (Å²) in [5.74, 6) is -5.37. The lowest BCUT2D eigenvalue weighted by Crippen LogP contribution is -2.23. The van der Waals surface area contributed by atoms with Crippen molar-refractivity contribution >= 4 is 17.6 Å². The van der Waals surface area contributed by atoms with E-state index in [-0.39, 0.29) is 12.8 Å². The maximum atomic E-state index is 13.5. The Hall–Kier alpha value is -1.23. The molecule has 0 spiro atoms. The van der Waals surface area contributed by atoms with E-state index in [4.69, 9.17) is 16.7 Å². The average Bonchev–Trinajstić information content (AvgIpc) is 2.97. The molecule has 1 aromatic carbocycles. The minimum Gasteiger partial charge on any atom is -0.481 e. The van der Waals surface area contributed by atoms with Crippen LogP contribution in [0.5, 0.6) is 0 Å². The van der Waals surface area contributed by atoms with E-state index in [0.29, 0.717) is 6.07 Å². The van der Waals surface area contributed by atoms with Crippen molar-refractivity contribution in [2.24, 2.45) is 0 Å². The fourth-order valence-electron chi connectivity index (χ4n) is 1.69. The van der Waals surface area contributed by atoms with Crippen molar-refractivity contribution in [3.05, 3.63) is 34.1 Å². The Morgan fingerprint density at radius 1 is 1.31 bits per heavy atom. The van der Waals surface area contributed by atoms with Gasteiger partial charge in [-0.1, -0.05) is 11.6 Å². The summed E-state index contributed by atoms with van der Waals surface area (Å²) in [5, 5.41) is 8.28. The third kappa shape index (κ3) is 1.38. The van der Waals surface area contributed by atoms with E-state index in [9.17, 15) is 18.0 Å². The first-order chi connectivity index (χ1) is 7.40. The molecule has 1 aromatic rings. The predicted octanol–water partition coefficient (Wildman–Crippen LogP) is 2.87. The first-order valence-corrected chi connectivity index (χ1v) is 4.85. The summed E-state index contributed by atoms with van der Waals surface area (Å²) < 4.78 is 40.0. The number of carboxylic acids is 1. The Morgan fingerprint density at radius 2 is 1.88 bits per heavy atom. The van der Waals surface area contributed by atoms with E-state index in [1.807, 2.05) is 0 Å². The lowest BCUT2D eigenvalue weighted by atomic mass is 9.95. The second kappa shape index (κ2) is 3.38. The van der Waals surface area contributed by atoms with Crippen LogP contribution in [0.15, 0.2) is 6.07 Å². The quantitative estimate of drug-likeness (QED) is 0.820. The molecule has 0 atom stereocenters. The SMILES string of the molecule is O=C(O)C1(c2c(F)c(F)cc(Cl)c2F)CC1. The zero-order valence-corrected chi connectivity index (χ0v) is 8.61. The summed E-state index contributed by atoms with van der Waals surface area (Å²) in [4.78, 5) is 10.9. The van der Waals surface area contributed by atoms with E-state index in [0.717, 1.165) is 0 Å². The molecule has 1 fully saturated rings. The van der Waals surface area contributed by atoms with Crippen LogP contribution in [0.25, 0.3) is 0 Å². The number of aliphatic carboxylic acids is 1. The summed E-state index contributed by atoms with van der Waals surface area (Å²) in [5.41, 5.74) is -2.43. The monoisotopic (exact) mass is 250 g/mol. The van der Waals surface area contributed by atoms with Crippen LogP contribution >= 0.6 is 11.6 Å². The van der Waals surface area contributed by atoms with Crippen LogP contribution in [0.4, 0.5) is 13.2 Å². The van der Waals surface area contributed by atoms with Crippen LogP contribution in [-0.2, 0) is 10.2 Å². The number of hydrogen-bond acceptors (Lipinski definition) is 1. The molecule has 0 bridgehead atoms. The fraction of sp³-hybridized carbons (Fsp3) is 0.300. The van der Waals surface area contributed by atoms with Gasteiger partial charge in [-0.05, 0) is 18.9 Å². The zero-order chi connectivity index (χ0) is 12.1. The number of rotatable bonds is 2. The van der Waals surface area contributed by atoms with Crippen molar-refractivity contribution in [3.63, 3.8) is 0 Å². The summed E-state index contributed by atoms with van der Waals surface area (Å²) >= 11 is 5.35. The summed E-state index contributed by atoms with van der Waals surface area (Å²) in [6, 6.07) is 0.494. The van der Waals surface area contributed by atoms with Crippen molar-refractivity contribution in [1.29, 1.82) is 0 Å². The maximum Gasteiger partial charge on any atom is 0.314 e. The van der Waals surface area contributed by atoms with Gasteiger partial charge in [0.2, 0.25) is 0 Å². The van der Waals surface area contributed by atoms with Gasteiger partial charge in [0.25, 0.3) is 0 Å². The van der Waals surface area contributed by atoms with Crippen molar-refractivity contribution in [2.45, 2.75) is 18.3 Å². The van der Waals surface area contributed by atoms with Gasteiger partial charge in [-0.15, -0.1) is 0 Å². The molecule has 0 saturated heterocycles. The lowest BCUT2D eigenvalue weighted by molar-refractivity contribution is -0.140. The molecule has 2 nitrogen and oxygen atoms in total. The molecule has 86 valence electrons. The maximum absolute atomic E-state index is 13.5. The molecule has 2 rings (SSSR count). The first-order valence-electron chi connectivity index (χ1n) is 4.47. The van der Waals surface area contributed by atoms with E-state index in [2.05, 4.69) is 0 Å². The van der Waals surface area contributed by atoms with Gasteiger partial charge in [-0.2, -0.15) is 0 Å². The van der Waals surface area contributed by atoms with Gasteiger partial charge in [0.1, 0.15) is 5.82 Å². The Morgan fingerprint density at radius 3 is 2.31 bits per heavy atom. The van der Waals surface area contributed by atoms with Gasteiger partial charge < -0.3 is 5.11 Å². The number of carboxylic acid groups (broad SMARTS) is 1. The molecular weight excluding hydrogens is 245 g/mol. The Kier molecular flexibility index (Phi) is 2.38. The molecule has 1 saturated carbocycles. The molecule has 0 unspecified atom stereocenters. The smallest absolute Gasteiger partial charge is 0.314 e. The molecule has 0 heterocycles. The average molecular weight is 251 g/mol. The van der Waals surface area contributed by atoms with E-state index >= 15 is 0 Å². The minimum atomic E-state index is -1.65. The summed E-state index contributed by atoms with van der Waals surface area (Å²) in [6.45, 7) is 0. The van der Waals surface area contributed by atoms with Crippen molar-refractivity contribution < 1.29 is 23.1 Å². The molecule has 16 heavy (non-hydrogen) atoms. The van der Waals surface area contributed by atoms with Crippen LogP contribution in [0.3, 0.4) is 0 Å². The van der Waals surface area contributed by atoms with Gasteiger partial charge in [0, 0.05) is 5.56 Å². The van der Waals surface area contributed by atoms with Gasteiger partial charge >= 0.3 is 5.97 Å². The predicted molar refractivity (Wildman–Crippen MR) is 49.9 cm³/mol. The van der Waals surface area contributed by atoms with Crippen LogP contribution in [0.1, 0.15) is 18.4 Å². The van der Waals surface area contributed by atoms with Crippen molar-refractivity contribution in [3.8, 4) is 0 Å². The third-order valence-corrected chi connectivity index (χ3v) is 3.02. The van der Waals surface area contributed by atoms with Crippen LogP contribution < -0.4 is 0 Å². The summed E-state index contributed by atoms with van der Waals surface area (Å²) in [7, 11) is 0. The van der Waals surface area contributed by atoms with Gasteiger partial charge in [0.05, 0.1) is 10.4 Å². The normalized spacial score (nSPS) is 17.2. The highest BCUT2D eigenvalue weighted by molar-refractivity contribution is 6.30. The Labute approximate surface area is 93.6 Å². The molecule has 0 amide bonds. The molecule has 0 aromatic heterocycles. The van der Waals surface area contributed by atoms with Gasteiger partial charge in [0.15, 0.2) is 11.6 Å². The van der Waals surface area contributed by atoms with Crippen LogP contribution in [0, 0.1) is 17.5 Å². The van der Waals surface area contributed by atoms with E-state index < -0.39 is 39.4 Å². The van der Waals surface area contributed by atoms with E-state index in [1.54, 1.807) is 0 Å². The second-order valence-corrected chi connectivity index (χ2v) is 4.14. The topological polar surface area (TPSA) is 37.3 Å². The molecule has 1 N–H and O–H groups in total. The molecule has 6 heteroatoms. The minimum absolute atomic E-state index is 0.0793. The number of benzene rings is 1. The molecule has 0 radical (unpaired) electrons. The number of hydrogen-bond donors (Lipinski definition) is 1. The fourth-order valence-corrected chi connectivity index (χ4v) is 1.88. The highest BCUT2D eigenvalue weighted by Gasteiger charge is 2.55. The zero-order valence-electron chi connectivity index (χ0n) is 7.86. The Balaban J connectivity index is 2.70. The molecule has 1 aliphatic carbocycles. The van der Waals surface area contributed by atoms with Crippen molar-refractivity contribution in [2.75, 3.05) is 0 Å². The van der Waals surface area contributed by atoms with Gasteiger partial charge in [-0.25, -0.2) is 13.2 Å². The molecule has 0 aliphatic heterocycles. The molecule has 1 aliphatic rings. The lowest BCUT2D eigenvalue weighted by Gasteiger charge is -2.13. The second-order valence-electron chi connectivity index (χ2n) is 3.73. The van der Waals surface area contributed by atoms with Crippen molar-refractivity contribution in [1.82, 2.24) is 0 Å². The number of halogens is 4. The van der Waals surface area contributed by atoms with Crippen LogP contribution in [0.2, 0.25) is 5.02 Å². The first kappa shape index (κ1) is 11.3. The Bertz CT molecular complexity index is 457.